The molecule has 0 aromatic heterocycles. The number of methoxy groups -OCH3 is 1. The second-order valence-electron chi connectivity index (χ2n) is 4.82. The summed E-state index contributed by atoms with van der Waals surface area (Å²) in [6.45, 7) is 6.66. The van der Waals surface area contributed by atoms with Gasteiger partial charge in [0.2, 0.25) is 0 Å². The second-order valence-corrected chi connectivity index (χ2v) is 5.20. The first-order chi connectivity index (χ1) is 9.01. The highest BCUT2D eigenvalue weighted by molar-refractivity contribution is 6.17. The van der Waals surface area contributed by atoms with Gasteiger partial charge in [-0.25, -0.2) is 0 Å². The molecule has 1 amide bonds. The number of alkyl halides is 1. The number of carbonyl (C=O) groups is 1. The van der Waals surface area contributed by atoms with Crippen molar-refractivity contribution < 1.29 is 9.53 Å². The number of hydrogen-bond donors (Lipinski definition) is 0. The molecule has 0 aliphatic heterocycles. The van der Waals surface area contributed by atoms with E-state index in [1.165, 1.54) is 0 Å². The molecule has 0 aliphatic rings. The Kier molecular flexibility index (Phi) is 6.16. The monoisotopic (exact) mass is 283 g/mol. The fraction of sp³-hybridized carbons (Fsp3) is 0.533. The maximum absolute atomic E-state index is 12.5. The molecule has 0 aliphatic carbocycles. The average Bonchev–Trinajstić information content (AvgIpc) is 2.39. The maximum atomic E-state index is 12.5. The highest BCUT2D eigenvalue weighted by Crippen LogP contribution is 2.20. The van der Waals surface area contributed by atoms with Gasteiger partial charge in [0.25, 0.3) is 5.91 Å². The molecule has 1 aromatic carbocycles. The predicted molar refractivity (Wildman–Crippen MR) is 79.2 cm³/mol. The summed E-state index contributed by atoms with van der Waals surface area (Å²) in [5, 5.41) is 0. The van der Waals surface area contributed by atoms with E-state index in [0.717, 1.165) is 17.7 Å². The van der Waals surface area contributed by atoms with Crippen molar-refractivity contribution in [3.8, 4) is 5.75 Å². The molecule has 0 radical (unpaired) electrons. The molecule has 0 saturated carbocycles. The van der Waals surface area contributed by atoms with Crippen molar-refractivity contribution in [1.29, 1.82) is 0 Å². The molecule has 0 atom stereocenters. The number of ether oxygens (including phenoxy) is 1. The molecular formula is C15H22ClNO2. The Bertz CT molecular complexity index is 432. The molecule has 0 saturated heterocycles. The Balaban J connectivity index is 2.95. The van der Waals surface area contributed by atoms with Crippen LogP contribution in [-0.2, 0) is 0 Å². The van der Waals surface area contributed by atoms with E-state index in [0.29, 0.717) is 18.0 Å². The van der Waals surface area contributed by atoms with Gasteiger partial charge in [0.1, 0.15) is 5.75 Å². The first-order valence-corrected chi connectivity index (χ1v) is 7.06. The van der Waals surface area contributed by atoms with E-state index in [4.69, 9.17) is 16.3 Å². The molecule has 0 N–H and O–H groups in total. The van der Waals surface area contributed by atoms with Crippen LogP contribution in [0.1, 0.15) is 36.2 Å². The van der Waals surface area contributed by atoms with Gasteiger partial charge < -0.3 is 9.64 Å². The van der Waals surface area contributed by atoms with Gasteiger partial charge in [-0.05, 0) is 44.9 Å². The SMILES string of the molecule is COc1cc(C(=O)N(CCCCl)C(C)C)ccc1C. The maximum Gasteiger partial charge on any atom is 0.254 e. The van der Waals surface area contributed by atoms with Crippen LogP contribution in [0.4, 0.5) is 0 Å². The minimum Gasteiger partial charge on any atom is -0.496 e. The molecular weight excluding hydrogens is 262 g/mol. The zero-order valence-corrected chi connectivity index (χ0v) is 12.8. The van der Waals surface area contributed by atoms with Crippen molar-refractivity contribution >= 4 is 17.5 Å². The van der Waals surface area contributed by atoms with Crippen LogP contribution in [0.5, 0.6) is 5.75 Å². The largest absolute Gasteiger partial charge is 0.496 e. The lowest BCUT2D eigenvalue weighted by atomic mass is 10.1. The van der Waals surface area contributed by atoms with Crippen LogP contribution < -0.4 is 4.74 Å². The van der Waals surface area contributed by atoms with Crippen LogP contribution in [0.25, 0.3) is 0 Å². The van der Waals surface area contributed by atoms with E-state index in [1.807, 2.05) is 37.8 Å². The number of halogens is 1. The van der Waals surface area contributed by atoms with Gasteiger partial charge in [0, 0.05) is 24.0 Å². The Morgan fingerprint density at radius 1 is 1.42 bits per heavy atom. The Morgan fingerprint density at radius 3 is 2.63 bits per heavy atom. The molecule has 19 heavy (non-hydrogen) atoms. The Labute approximate surface area is 120 Å². The first-order valence-electron chi connectivity index (χ1n) is 6.52. The highest BCUT2D eigenvalue weighted by Gasteiger charge is 2.19. The average molecular weight is 284 g/mol. The molecule has 3 nitrogen and oxygen atoms in total. The molecule has 0 heterocycles. The number of hydrogen-bond acceptors (Lipinski definition) is 2. The lowest BCUT2D eigenvalue weighted by molar-refractivity contribution is 0.0706. The van der Waals surface area contributed by atoms with Gasteiger partial charge in [0.15, 0.2) is 0 Å². The van der Waals surface area contributed by atoms with E-state index in [2.05, 4.69) is 0 Å². The Hall–Kier alpha value is -1.22. The number of rotatable bonds is 6. The summed E-state index contributed by atoms with van der Waals surface area (Å²) < 4.78 is 5.27. The molecule has 0 fully saturated rings. The van der Waals surface area contributed by atoms with Gasteiger partial charge in [-0.15, -0.1) is 11.6 Å². The van der Waals surface area contributed by atoms with Crippen LogP contribution in [-0.4, -0.2) is 36.4 Å². The summed E-state index contributed by atoms with van der Waals surface area (Å²) in [6.07, 6.45) is 0.800. The topological polar surface area (TPSA) is 29.5 Å². The van der Waals surface area contributed by atoms with Crippen molar-refractivity contribution in [3.63, 3.8) is 0 Å². The number of amides is 1. The third-order valence-corrected chi connectivity index (χ3v) is 3.34. The smallest absolute Gasteiger partial charge is 0.254 e. The first kappa shape index (κ1) is 15.8. The van der Waals surface area contributed by atoms with Gasteiger partial charge in [-0.1, -0.05) is 6.07 Å². The lowest BCUT2D eigenvalue weighted by Crippen LogP contribution is -2.37. The standard InChI is InChI=1S/C15H22ClNO2/c1-11(2)17(9-5-8-16)15(18)13-7-6-12(3)14(10-13)19-4/h6-7,10-11H,5,8-9H2,1-4H3. The summed E-state index contributed by atoms with van der Waals surface area (Å²) in [7, 11) is 1.62. The summed E-state index contributed by atoms with van der Waals surface area (Å²) in [5.41, 5.74) is 1.68. The van der Waals surface area contributed by atoms with Gasteiger partial charge in [-0.2, -0.15) is 0 Å². The third kappa shape index (κ3) is 4.13. The van der Waals surface area contributed by atoms with Crippen molar-refractivity contribution in [3.05, 3.63) is 29.3 Å². The molecule has 0 bridgehead atoms. The van der Waals surface area contributed by atoms with Crippen molar-refractivity contribution in [2.75, 3.05) is 19.5 Å². The van der Waals surface area contributed by atoms with Gasteiger partial charge >= 0.3 is 0 Å². The number of benzene rings is 1. The summed E-state index contributed by atoms with van der Waals surface area (Å²) in [4.78, 5) is 14.3. The third-order valence-electron chi connectivity index (χ3n) is 3.07. The number of aryl methyl sites for hydroxylation is 1. The molecule has 0 spiro atoms. The predicted octanol–water partition coefficient (Wildman–Crippen LogP) is 3.48. The highest BCUT2D eigenvalue weighted by atomic mass is 35.5. The normalized spacial score (nSPS) is 10.6. The zero-order valence-electron chi connectivity index (χ0n) is 12.1. The van der Waals surface area contributed by atoms with E-state index in [1.54, 1.807) is 13.2 Å². The molecule has 1 rings (SSSR count). The van der Waals surface area contributed by atoms with Gasteiger partial charge in [-0.3, -0.25) is 4.79 Å². The minimum absolute atomic E-state index is 0.0263. The molecule has 0 unspecified atom stereocenters. The number of carbonyl (C=O) groups excluding carboxylic acids is 1. The van der Waals surface area contributed by atoms with Crippen LogP contribution in [0, 0.1) is 6.92 Å². The van der Waals surface area contributed by atoms with Crippen LogP contribution in [0.15, 0.2) is 18.2 Å². The minimum atomic E-state index is 0.0263. The molecule has 1 aromatic rings. The van der Waals surface area contributed by atoms with Crippen molar-refractivity contribution in [1.82, 2.24) is 4.90 Å². The van der Waals surface area contributed by atoms with E-state index >= 15 is 0 Å². The summed E-state index contributed by atoms with van der Waals surface area (Å²) >= 11 is 5.71. The van der Waals surface area contributed by atoms with E-state index in [9.17, 15) is 4.79 Å². The fourth-order valence-corrected chi connectivity index (χ4v) is 2.06. The van der Waals surface area contributed by atoms with Gasteiger partial charge in [0.05, 0.1) is 7.11 Å². The van der Waals surface area contributed by atoms with Crippen LogP contribution >= 0.6 is 11.6 Å². The van der Waals surface area contributed by atoms with E-state index in [-0.39, 0.29) is 11.9 Å². The number of nitrogens with zero attached hydrogens (tertiary/aromatic N) is 1. The second kappa shape index (κ2) is 7.39. The Morgan fingerprint density at radius 2 is 2.11 bits per heavy atom. The van der Waals surface area contributed by atoms with Crippen molar-refractivity contribution in [2.24, 2.45) is 0 Å². The van der Waals surface area contributed by atoms with Crippen LogP contribution in [0.2, 0.25) is 0 Å². The van der Waals surface area contributed by atoms with Crippen LogP contribution in [0.3, 0.4) is 0 Å². The van der Waals surface area contributed by atoms with Crippen molar-refractivity contribution in [2.45, 2.75) is 33.2 Å². The fourth-order valence-electron chi connectivity index (χ4n) is 1.94. The lowest BCUT2D eigenvalue weighted by Gasteiger charge is -2.26. The molecule has 106 valence electrons. The summed E-state index contributed by atoms with van der Waals surface area (Å²) in [5.74, 6) is 1.33. The molecule has 4 heteroatoms. The van der Waals surface area contributed by atoms with E-state index < -0.39 is 0 Å². The zero-order chi connectivity index (χ0) is 14.4. The quantitative estimate of drug-likeness (QED) is 0.748. The summed E-state index contributed by atoms with van der Waals surface area (Å²) in [6, 6.07) is 5.71.